The molecule has 17 heavy (non-hydrogen) atoms. The Morgan fingerprint density at radius 3 is 2.76 bits per heavy atom. The molecule has 0 aliphatic carbocycles. The molecule has 0 radical (unpaired) electrons. The second-order valence-corrected chi connectivity index (χ2v) is 5.56. The summed E-state index contributed by atoms with van der Waals surface area (Å²) in [5.74, 6) is 2.08. The smallest absolute Gasteiger partial charge is 0.221 e. The molecule has 1 rings (SSSR count). The highest BCUT2D eigenvalue weighted by molar-refractivity contribution is 7.99. The van der Waals surface area contributed by atoms with Crippen molar-refractivity contribution in [3.63, 3.8) is 0 Å². The summed E-state index contributed by atoms with van der Waals surface area (Å²) in [5, 5.41) is 11.5. The van der Waals surface area contributed by atoms with Gasteiger partial charge in [-0.1, -0.05) is 0 Å². The molecule has 4 nitrogen and oxygen atoms in total. The zero-order chi connectivity index (χ0) is 12.3. The summed E-state index contributed by atoms with van der Waals surface area (Å²) in [5.41, 5.74) is 0. The molecular weight excluding hydrogens is 236 g/mol. The number of nitrogens with zero attached hydrogens (tertiary/aromatic N) is 1. The van der Waals surface area contributed by atoms with Gasteiger partial charge in [0, 0.05) is 31.9 Å². The number of carbonyl (C=O) groups excluding carboxylic acids is 1. The summed E-state index contributed by atoms with van der Waals surface area (Å²) >= 11 is 1.78. The van der Waals surface area contributed by atoms with E-state index in [4.69, 9.17) is 5.11 Å². The minimum Gasteiger partial charge on any atom is -0.396 e. The van der Waals surface area contributed by atoms with Gasteiger partial charge in [-0.25, -0.2) is 0 Å². The molecule has 0 spiro atoms. The standard InChI is InChI=1S/C12H24N2O2S/c15-9-3-10-17-11-5-13-12(16)4-8-14-6-1-2-7-14/h15H,1-11H2,(H,13,16). The molecule has 1 aliphatic heterocycles. The Labute approximate surface area is 108 Å². The predicted octanol–water partition coefficient (Wildman–Crippen LogP) is 0.704. The van der Waals surface area contributed by atoms with E-state index in [1.165, 1.54) is 12.8 Å². The highest BCUT2D eigenvalue weighted by Crippen LogP contribution is 2.07. The van der Waals surface area contributed by atoms with Crippen LogP contribution in [0, 0.1) is 0 Å². The maximum Gasteiger partial charge on any atom is 0.221 e. The first-order valence-corrected chi connectivity index (χ1v) is 7.66. The second-order valence-electron chi connectivity index (χ2n) is 4.34. The number of rotatable bonds is 9. The molecule has 0 bridgehead atoms. The first-order chi connectivity index (χ1) is 8.33. The average molecular weight is 260 g/mol. The van der Waals surface area contributed by atoms with Crippen LogP contribution in [0.5, 0.6) is 0 Å². The van der Waals surface area contributed by atoms with E-state index in [-0.39, 0.29) is 12.5 Å². The zero-order valence-corrected chi connectivity index (χ0v) is 11.3. The van der Waals surface area contributed by atoms with Gasteiger partial charge in [-0.05, 0) is 38.1 Å². The predicted molar refractivity (Wildman–Crippen MR) is 72.3 cm³/mol. The van der Waals surface area contributed by atoms with Gasteiger partial charge in [-0.2, -0.15) is 11.8 Å². The third-order valence-corrected chi connectivity index (χ3v) is 3.94. The topological polar surface area (TPSA) is 52.6 Å². The van der Waals surface area contributed by atoms with Crippen molar-refractivity contribution >= 4 is 17.7 Å². The molecule has 1 amide bonds. The maximum atomic E-state index is 11.5. The van der Waals surface area contributed by atoms with Gasteiger partial charge in [-0.3, -0.25) is 4.79 Å². The SMILES string of the molecule is O=C(CCN1CCCC1)NCCSCCCO. The Hall–Kier alpha value is -0.260. The molecule has 1 saturated heterocycles. The highest BCUT2D eigenvalue weighted by atomic mass is 32.2. The van der Waals surface area contributed by atoms with Crippen LogP contribution in [0.15, 0.2) is 0 Å². The highest BCUT2D eigenvalue weighted by Gasteiger charge is 2.12. The van der Waals surface area contributed by atoms with Crippen molar-refractivity contribution in [1.29, 1.82) is 0 Å². The molecule has 0 atom stereocenters. The molecule has 0 aromatic rings. The fourth-order valence-electron chi connectivity index (χ4n) is 1.89. The number of thioether (sulfide) groups is 1. The monoisotopic (exact) mass is 260 g/mol. The van der Waals surface area contributed by atoms with Crippen molar-refractivity contribution < 1.29 is 9.90 Å². The summed E-state index contributed by atoms with van der Waals surface area (Å²) in [4.78, 5) is 13.9. The van der Waals surface area contributed by atoms with Crippen LogP contribution >= 0.6 is 11.8 Å². The lowest BCUT2D eigenvalue weighted by Crippen LogP contribution is -2.30. The number of nitrogens with one attached hydrogen (secondary N) is 1. The van der Waals surface area contributed by atoms with Gasteiger partial charge in [0.05, 0.1) is 0 Å². The normalized spacial score (nSPS) is 16.3. The molecule has 0 aromatic carbocycles. The minimum absolute atomic E-state index is 0.166. The van der Waals surface area contributed by atoms with Gasteiger partial charge in [0.1, 0.15) is 0 Å². The molecule has 0 unspecified atom stereocenters. The van der Waals surface area contributed by atoms with E-state index in [1.54, 1.807) is 11.8 Å². The van der Waals surface area contributed by atoms with E-state index in [9.17, 15) is 4.79 Å². The Morgan fingerprint density at radius 1 is 1.29 bits per heavy atom. The quantitative estimate of drug-likeness (QED) is 0.599. The van der Waals surface area contributed by atoms with Crippen molar-refractivity contribution in [2.45, 2.75) is 25.7 Å². The molecule has 100 valence electrons. The number of aliphatic hydroxyl groups is 1. The number of likely N-dealkylation sites (tertiary alicyclic amines) is 1. The van der Waals surface area contributed by atoms with Crippen molar-refractivity contribution in [3.05, 3.63) is 0 Å². The number of carbonyl (C=O) groups is 1. The minimum atomic E-state index is 0.166. The maximum absolute atomic E-state index is 11.5. The summed E-state index contributed by atoms with van der Waals surface area (Å²) in [6.45, 7) is 4.22. The fraction of sp³-hybridized carbons (Fsp3) is 0.917. The van der Waals surface area contributed by atoms with E-state index in [0.29, 0.717) is 6.42 Å². The van der Waals surface area contributed by atoms with E-state index >= 15 is 0 Å². The largest absolute Gasteiger partial charge is 0.396 e. The Morgan fingerprint density at radius 2 is 2.06 bits per heavy atom. The van der Waals surface area contributed by atoms with Crippen LogP contribution in [-0.4, -0.2) is 60.2 Å². The van der Waals surface area contributed by atoms with Crippen LogP contribution in [0.1, 0.15) is 25.7 Å². The van der Waals surface area contributed by atoms with Crippen LogP contribution in [0.2, 0.25) is 0 Å². The number of hydrogen-bond donors (Lipinski definition) is 2. The fourth-order valence-corrected chi connectivity index (χ4v) is 2.67. The van der Waals surface area contributed by atoms with E-state index in [2.05, 4.69) is 10.2 Å². The zero-order valence-electron chi connectivity index (χ0n) is 10.5. The Bertz CT molecular complexity index is 209. The van der Waals surface area contributed by atoms with Crippen LogP contribution in [0.4, 0.5) is 0 Å². The molecule has 0 aromatic heterocycles. The summed E-state index contributed by atoms with van der Waals surface area (Å²) in [6.07, 6.45) is 4.03. The average Bonchev–Trinajstić information content (AvgIpc) is 2.84. The van der Waals surface area contributed by atoms with E-state index in [1.807, 2.05) is 0 Å². The number of amides is 1. The second kappa shape index (κ2) is 9.74. The lowest BCUT2D eigenvalue weighted by atomic mass is 10.3. The van der Waals surface area contributed by atoms with Gasteiger partial charge >= 0.3 is 0 Å². The first kappa shape index (κ1) is 14.8. The van der Waals surface area contributed by atoms with Crippen molar-refractivity contribution in [2.75, 3.05) is 44.3 Å². The van der Waals surface area contributed by atoms with Gasteiger partial charge in [0.25, 0.3) is 0 Å². The van der Waals surface area contributed by atoms with Crippen LogP contribution in [0.3, 0.4) is 0 Å². The molecule has 5 heteroatoms. The molecule has 0 saturated carbocycles. The van der Waals surface area contributed by atoms with Crippen LogP contribution < -0.4 is 5.32 Å². The Kier molecular flexibility index (Phi) is 8.48. The molecule has 2 N–H and O–H groups in total. The first-order valence-electron chi connectivity index (χ1n) is 6.50. The Balaban J connectivity index is 1.87. The van der Waals surface area contributed by atoms with Crippen molar-refractivity contribution in [1.82, 2.24) is 10.2 Å². The van der Waals surface area contributed by atoms with Crippen molar-refractivity contribution in [3.8, 4) is 0 Å². The van der Waals surface area contributed by atoms with Gasteiger partial charge < -0.3 is 15.3 Å². The van der Waals surface area contributed by atoms with Crippen LogP contribution in [0.25, 0.3) is 0 Å². The van der Waals surface area contributed by atoms with Gasteiger partial charge in [-0.15, -0.1) is 0 Å². The van der Waals surface area contributed by atoms with E-state index in [0.717, 1.165) is 44.1 Å². The third-order valence-electron chi connectivity index (χ3n) is 2.87. The number of aliphatic hydroxyl groups excluding tert-OH is 1. The van der Waals surface area contributed by atoms with Gasteiger partial charge in [0.15, 0.2) is 0 Å². The lowest BCUT2D eigenvalue weighted by molar-refractivity contribution is -0.121. The van der Waals surface area contributed by atoms with Gasteiger partial charge in [0.2, 0.25) is 5.91 Å². The summed E-state index contributed by atoms with van der Waals surface area (Å²) in [7, 11) is 0. The lowest BCUT2D eigenvalue weighted by Gasteiger charge is -2.13. The van der Waals surface area contributed by atoms with Crippen molar-refractivity contribution in [2.24, 2.45) is 0 Å². The molecular formula is C12H24N2O2S. The van der Waals surface area contributed by atoms with Crippen LogP contribution in [-0.2, 0) is 4.79 Å². The number of hydrogen-bond acceptors (Lipinski definition) is 4. The molecule has 1 heterocycles. The summed E-state index contributed by atoms with van der Waals surface area (Å²) in [6, 6.07) is 0. The molecule has 1 aliphatic rings. The van der Waals surface area contributed by atoms with E-state index < -0.39 is 0 Å². The summed E-state index contributed by atoms with van der Waals surface area (Å²) < 4.78 is 0. The third kappa shape index (κ3) is 7.63. The molecule has 1 fully saturated rings.